The molecular weight excluding hydrogens is 262 g/mol. The molecule has 1 amide bonds. The van der Waals surface area contributed by atoms with Gasteiger partial charge < -0.3 is 14.1 Å². The predicted octanol–water partition coefficient (Wildman–Crippen LogP) is 1.98. The van der Waals surface area contributed by atoms with E-state index in [9.17, 15) is 9.70 Å². The molecule has 1 aliphatic heterocycles. The summed E-state index contributed by atoms with van der Waals surface area (Å²) in [5.74, 6) is -0.119. The van der Waals surface area contributed by atoms with E-state index in [4.69, 9.17) is 9.15 Å². The minimum absolute atomic E-state index is 0.0397. The molecule has 1 saturated heterocycles. The van der Waals surface area contributed by atoms with Gasteiger partial charge >= 0.3 is 5.91 Å². The van der Waals surface area contributed by atoms with Gasteiger partial charge in [0.1, 0.15) is 6.26 Å². The second-order valence-electron chi connectivity index (χ2n) is 5.37. The first-order chi connectivity index (χ1) is 9.76. The fraction of sp³-hybridized carbons (Fsp3) is 0.692. The van der Waals surface area contributed by atoms with Gasteiger partial charge in [-0.15, -0.1) is 4.91 Å². The van der Waals surface area contributed by atoms with Crippen LogP contribution in [0.4, 0.5) is 6.01 Å². The molecule has 2 fully saturated rings. The maximum atomic E-state index is 11.1. The lowest BCUT2D eigenvalue weighted by Crippen LogP contribution is -2.37. The highest BCUT2D eigenvalue weighted by Crippen LogP contribution is 2.30. The van der Waals surface area contributed by atoms with Gasteiger partial charge in [-0.3, -0.25) is 4.79 Å². The van der Waals surface area contributed by atoms with Crippen LogP contribution in [0.5, 0.6) is 0 Å². The molecule has 7 heteroatoms. The topological polar surface area (TPSA) is 85.0 Å². The number of hydrogen-bond acceptors (Lipinski definition) is 6. The van der Waals surface area contributed by atoms with Crippen LogP contribution in [0, 0.1) is 10.8 Å². The lowest BCUT2D eigenvalue weighted by Gasteiger charge is -2.30. The molecule has 2 heterocycles. The molecule has 0 bridgehead atoms. The van der Waals surface area contributed by atoms with Gasteiger partial charge in [-0.2, -0.15) is 4.98 Å². The monoisotopic (exact) mass is 279 g/mol. The van der Waals surface area contributed by atoms with E-state index in [2.05, 4.69) is 10.2 Å². The summed E-state index contributed by atoms with van der Waals surface area (Å²) in [6.07, 6.45) is 5.93. The number of carbonyl (C=O) groups is 1. The fourth-order valence-electron chi connectivity index (χ4n) is 2.32. The van der Waals surface area contributed by atoms with E-state index in [0.29, 0.717) is 12.1 Å². The maximum Gasteiger partial charge on any atom is 0.338 e. The quantitative estimate of drug-likeness (QED) is 0.766. The van der Waals surface area contributed by atoms with Gasteiger partial charge in [-0.25, -0.2) is 0 Å². The van der Waals surface area contributed by atoms with E-state index in [1.807, 2.05) is 4.90 Å². The summed E-state index contributed by atoms with van der Waals surface area (Å²) in [6, 6.07) is 0.373. The predicted molar refractivity (Wildman–Crippen MR) is 70.5 cm³/mol. The van der Waals surface area contributed by atoms with Crippen molar-refractivity contribution in [2.45, 2.75) is 31.8 Å². The van der Waals surface area contributed by atoms with Crippen molar-refractivity contribution in [3.8, 4) is 0 Å². The van der Waals surface area contributed by atoms with Crippen LogP contribution < -0.4 is 4.90 Å². The Labute approximate surface area is 116 Å². The molecule has 1 aliphatic carbocycles. The van der Waals surface area contributed by atoms with E-state index in [0.717, 1.165) is 38.5 Å². The standard InChI is InChI=1S/C13H17N3O4/c17-12(15-18)11-8-20-13(14-11)16-5-3-10(4-6-16)19-7-9-1-2-9/h8-10H,1-7H2. The number of nitrogens with zero attached hydrogens (tertiary/aromatic N) is 3. The second kappa shape index (κ2) is 5.70. The number of amides is 1. The number of carbonyl (C=O) groups excluding carboxylic acids is 1. The Bertz CT molecular complexity index is 490. The Hall–Kier alpha value is -1.76. The zero-order valence-corrected chi connectivity index (χ0v) is 11.2. The van der Waals surface area contributed by atoms with Crippen molar-refractivity contribution in [1.29, 1.82) is 0 Å². The third kappa shape index (κ3) is 3.04. The lowest BCUT2D eigenvalue weighted by molar-refractivity contribution is 0.0300. The van der Waals surface area contributed by atoms with Crippen LogP contribution in [0.25, 0.3) is 0 Å². The summed E-state index contributed by atoms with van der Waals surface area (Å²) < 4.78 is 11.1. The number of piperidine rings is 1. The average Bonchev–Trinajstić information content (AvgIpc) is 3.19. The van der Waals surface area contributed by atoms with Crippen molar-refractivity contribution < 1.29 is 13.9 Å². The molecule has 0 radical (unpaired) electrons. The van der Waals surface area contributed by atoms with E-state index in [1.54, 1.807) is 0 Å². The van der Waals surface area contributed by atoms with Gasteiger partial charge in [0.05, 0.1) is 6.10 Å². The summed E-state index contributed by atoms with van der Waals surface area (Å²) in [7, 11) is 0. The molecule has 1 aromatic rings. The minimum Gasteiger partial charge on any atom is -0.431 e. The van der Waals surface area contributed by atoms with Crippen molar-refractivity contribution in [3.63, 3.8) is 0 Å². The summed E-state index contributed by atoms with van der Waals surface area (Å²) in [6.45, 7) is 2.43. The third-order valence-corrected chi connectivity index (χ3v) is 3.77. The number of anilines is 1. The van der Waals surface area contributed by atoms with E-state index >= 15 is 0 Å². The number of ether oxygens (including phenoxy) is 1. The summed E-state index contributed by atoms with van der Waals surface area (Å²) >= 11 is 0. The van der Waals surface area contributed by atoms with Gasteiger partial charge in [0.2, 0.25) is 0 Å². The van der Waals surface area contributed by atoms with Crippen LogP contribution in [0.1, 0.15) is 36.2 Å². The zero-order chi connectivity index (χ0) is 13.9. The molecule has 1 aromatic heterocycles. The van der Waals surface area contributed by atoms with Crippen LogP contribution in [0.15, 0.2) is 15.9 Å². The largest absolute Gasteiger partial charge is 0.431 e. The summed E-state index contributed by atoms with van der Waals surface area (Å²) in [5.41, 5.74) is -0.0397. The van der Waals surface area contributed by atoms with E-state index in [-0.39, 0.29) is 5.69 Å². The van der Waals surface area contributed by atoms with Gasteiger partial charge in [-0.1, -0.05) is 0 Å². The highest BCUT2D eigenvalue weighted by molar-refractivity contribution is 5.92. The molecule has 2 aliphatic rings. The summed E-state index contributed by atoms with van der Waals surface area (Å²) in [4.78, 5) is 27.2. The molecule has 7 nitrogen and oxygen atoms in total. The first kappa shape index (κ1) is 13.2. The molecule has 1 saturated carbocycles. The van der Waals surface area contributed by atoms with Crippen molar-refractivity contribution in [2.24, 2.45) is 11.1 Å². The Balaban J connectivity index is 1.50. The minimum atomic E-state index is -0.900. The second-order valence-corrected chi connectivity index (χ2v) is 5.37. The van der Waals surface area contributed by atoms with Gasteiger partial charge in [-0.05, 0) is 31.6 Å². The molecular formula is C13H17N3O4. The van der Waals surface area contributed by atoms with E-state index in [1.165, 1.54) is 19.1 Å². The van der Waals surface area contributed by atoms with Crippen molar-refractivity contribution >= 4 is 11.9 Å². The molecule has 108 valence electrons. The number of aromatic nitrogens is 1. The van der Waals surface area contributed by atoms with E-state index < -0.39 is 5.91 Å². The van der Waals surface area contributed by atoms with Crippen LogP contribution in [-0.2, 0) is 4.74 Å². The lowest BCUT2D eigenvalue weighted by atomic mass is 10.1. The van der Waals surface area contributed by atoms with Crippen LogP contribution in [-0.4, -0.2) is 36.7 Å². The highest BCUT2D eigenvalue weighted by Gasteiger charge is 2.27. The van der Waals surface area contributed by atoms with Crippen LogP contribution >= 0.6 is 0 Å². The van der Waals surface area contributed by atoms with Crippen molar-refractivity contribution in [3.05, 3.63) is 16.9 Å². The fourth-order valence-corrected chi connectivity index (χ4v) is 2.32. The SMILES string of the molecule is O=NC(=O)c1coc(N2CCC(OCC3CC3)CC2)n1. The van der Waals surface area contributed by atoms with Crippen LogP contribution in [0.2, 0.25) is 0 Å². The van der Waals surface area contributed by atoms with Crippen molar-refractivity contribution in [1.82, 2.24) is 4.98 Å². The maximum absolute atomic E-state index is 11.1. The summed E-state index contributed by atoms with van der Waals surface area (Å²) in [5, 5.41) is 2.33. The Morgan fingerprint density at radius 2 is 2.15 bits per heavy atom. The molecule has 20 heavy (non-hydrogen) atoms. The van der Waals surface area contributed by atoms with Gasteiger partial charge in [0.25, 0.3) is 6.01 Å². The molecule has 0 unspecified atom stereocenters. The first-order valence-electron chi connectivity index (χ1n) is 6.96. The molecule has 0 N–H and O–H groups in total. The number of oxazole rings is 1. The van der Waals surface area contributed by atoms with Crippen LogP contribution in [0.3, 0.4) is 0 Å². The van der Waals surface area contributed by atoms with Crippen molar-refractivity contribution in [2.75, 3.05) is 24.6 Å². The Kier molecular flexibility index (Phi) is 3.77. The smallest absolute Gasteiger partial charge is 0.338 e. The molecule has 3 rings (SSSR count). The normalized spacial score (nSPS) is 20.1. The zero-order valence-electron chi connectivity index (χ0n) is 11.2. The highest BCUT2D eigenvalue weighted by atomic mass is 16.5. The molecule has 0 atom stereocenters. The average molecular weight is 279 g/mol. The first-order valence-corrected chi connectivity index (χ1v) is 6.96. The molecule has 0 spiro atoms. The number of hydrogen-bond donors (Lipinski definition) is 0. The third-order valence-electron chi connectivity index (χ3n) is 3.77. The Morgan fingerprint density at radius 3 is 2.80 bits per heavy atom. The number of rotatable bonds is 5. The number of nitroso groups, excluding NO2 is 1. The molecule has 0 aromatic carbocycles. The van der Waals surface area contributed by atoms with Gasteiger partial charge in [0.15, 0.2) is 5.69 Å². The Morgan fingerprint density at radius 1 is 1.40 bits per heavy atom. The van der Waals surface area contributed by atoms with Gasteiger partial charge in [0, 0.05) is 24.9 Å².